The summed E-state index contributed by atoms with van der Waals surface area (Å²) in [6.45, 7) is 0.701. The highest BCUT2D eigenvalue weighted by Gasteiger charge is 2.70. The molecule has 19 heavy (non-hydrogen) atoms. The molecule has 0 spiro atoms. The van der Waals surface area contributed by atoms with Crippen molar-refractivity contribution in [2.75, 3.05) is 6.61 Å². The Morgan fingerprint density at radius 3 is 2.32 bits per heavy atom. The van der Waals surface area contributed by atoms with E-state index in [1.54, 1.807) is 6.33 Å². The second-order valence-corrected chi connectivity index (χ2v) is 5.89. The maximum atomic E-state index is 5.95. The van der Waals surface area contributed by atoms with Gasteiger partial charge in [-0.15, -0.1) is 5.10 Å². The summed E-state index contributed by atoms with van der Waals surface area (Å²) >= 11 is 11.8. The zero-order valence-electron chi connectivity index (χ0n) is 10.0. The Bertz CT molecular complexity index is 630. The van der Waals surface area contributed by atoms with E-state index in [2.05, 4.69) is 10.1 Å². The predicted octanol–water partition coefficient (Wildman–Crippen LogP) is 3.00. The fraction of sp³-hybridized carbons (Fsp3) is 0.385. The average Bonchev–Trinajstić information content (AvgIpc) is 3.30. The van der Waals surface area contributed by atoms with E-state index < -0.39 is 0 Å². The van der Waals surface area contributed by atoms with E-state index in [-0.39, 0.29) is 16.4 Å². The Morgan fingerprint density at radius 2 is 1.84 bits per heavy atom. The molecule has 0 amide bonds. The Hall–Kier alpha value is -1.10. The van der Waals surface area contributed by atoms with Crippen LogP contribution in [0.3, 0.4) is 0 Å². The van der Waals surface area contributed by atoms with Gasteiger partial charge in [0.05, 0.1) is 6.61 Å². The first-order valence-electron chi connectivity index (χ1n) is 6.14. The van der Waals surface area contributed by atoms with Gasteiger partial charge in [-0.3, -0.25) is 0 Å². The highest BCUT2D eigenvalue weighted by molar-refractivity contribution is 6.30. The van der Waals surface area contributed by atoms with Gasteiger partial charge in [0.15, 0.2) is 0 Å². The van der Waals surface area contributed by atoms with Crippen LogP contribution in [-0.2, 0) is 15.9 Å². The van der Waals surface area contributed by atoms with Crippen molar-refractivity contribution >= 4 is 23.2 Å². The van der Waals surface area contributed by atoms with Crippen molar-refractivity contribution in [2.45, 2.75) is 24.0 Å². The van der Waals surface area contributed by atoms with Crippen molar-refractivity contribution < 1.29 is 4.74 Å². The molecule has 0 bridgehead atoms. The second-order valence-electron chi connectivity index (χ2n) is 5.11. The number of aromatic nitrogens is 3. The molecule has 1 aromatic heterocycles. The molecule has 1 aromatic carbocycles. The van der Waals surface area contributed by atoms with Crippen LogP contribution in [0.4, 0.5) is 0 Å². The van der Waals surface area contributed by atoms with Crippen LogP contribution in [0.1, 0.15) is 18.4 Å². The standard InChI is InChI=1S/C13H11Cl2N3O/c14-10-3-1-9(2-4-10)13(7-19-13)12(5-6-12)18-8-16-11(15)17-18/h1-4,8H,5-7H2. The molecular weight excluding hydrogens is 285 g/mol. The smallest absolute Gasteiger partial charge is 0.242 e. The van der Waals surface area contributed by atoms with E-state index in [1.807, 2.05) is 28.9 Å². The summed E-state index contributed by atoms with van der Waals surface area (Å²) in [5, 5.41) is 5.27. The van der Waals surface area contributed by atoms with Gasteiger partial charge in [0.2, 0.25) is 5.28 Å². The predicted molar refractivity (Wildman–Crippen MR) is 71.3 cm³/mol. The van der Waals surface area contributed by atoms with Gasteiger partial charge in [0, 0.05) is 5.02 Å². The zero-order valence-corrected chi connectivity index (χ0v) is 11.5. The van der Waals surface area contributed by atoms with Gasteiger partial charge in [-0.05, 0) is 42.1 Å². The number of ether oxygens (including phenoxy) is 1. The van der Waals surface area contributed by atoms with Crippen molar-refractivity contribution in [3.63, 3.8) is 0 Å². The fourth-order valence-corrected chi connectivity index (χ4v) is 3.13. The Kier molecular flexibility index (Phi) is 2.29. The maximum Gasteiger partial charge on any atom is 0.242 e. The number of rotatable bonds is 3. The first kappa shape index (κ1) is 11.7. The van der Waals surface area contributed by atoms with Crippen molar-refractivity contribution in [1.82, 2.24) is 14.8 Å². The fourth-order valence-electron chi connectivity index (χ4n) is 2.88. The average molecular weight is 296 g/mol. The third-order valence-corrected chi connectivity index (χ3v) is 4.55. The molecule has 1 aliphatic carbocycles. The van der Waals surface area contributed by atoms with Crippen LogP contribution in [0.25, 0.3) is 0 Å². The maximum absolute atomic E-state index is 5.95. The molecule has 1 saturated heterocycles. The Balaban J connectivity index is 1.77. The molecule has 0 N–H and O–H groups in total. The topological polar surface area (TPSA) is 43.2 Å². The number of benzene rings is 1. The lowest BCUT2D eigenvalue weighted by atomic mass is 9.90. The van der Waals surface area contributed by atoms with Crippen LogP contribution >= 0.6 is 23.2 Å². The molecule has 1 aliphatic heterocycles. The molecule has 2 heterocycles. The van der Waals surface area contributed by atoms with Crippen molar-refractivity contribution in [3.05, 3.63) is 46.5 Å². The number of halogens is 2. The summed E-state index contributed by atoms with van der Waals surface area (Å²) in [6.07, 6.45) is 3.74. The molecule has 1 atom stereocenters. The molecule has 1 unspecified atom stereocenters. The van der Waals surface area contributed by atoms with Gasteiger partial charge in [-0.25, -0.2) is 9.67 Å². The Morgan fingerprint density at radius 1 is 1.16 bits per heavy atom. The van der Waals surface area contributed by atoms with E-state index in [9.17, 15) is 0 Å². The molecule has 1 saturated carbocycles. The number of epoxide rings is 1. The minimum atomic E-state index is -0.297. The highest BCUT2D eigenvalue weighted by Crippen LogP contribution is 2.63. The summed E-state index contributed by atoms with van der Waals surface area (Å²) in [5.74, 6) is 0. The monoisotopic (exact) mass is 295 g/mol. The van der Waals surface area contributed by atoms with Crippen LogP contribution in [0, 0.1) is 0 Å². The van der Waals surface area contributed by atoms with Gasteiger partial charge in [-0.2, -0.15) is 0 Å². The normalized spacial score (nSPS) is 27.3. The lowest BCUT2D eigenvalue weighted by Crippen LogP contribution is -2.34. The largest absolute Gasteiger partial charge is 0.362 e. The van der Waals surface area contributed by atoms with Gasteiger partial charge >= 0.3 is 0 Å². The summed E-state index contributed by atoms with van der Waals surface area (Å²) in [4.78, 5) is 4.01. The minimum Gasteiger partial charge on any atom is -0.362 e. The lowest BCUT2D eigenvalue weighted by Gasteiger charge is -2.24. The minimum absolute atomic E-state index is 0.138. The van der Waals surface area contributed by atoms with Gasteiger partial charge < -0.3 is 4.74 Å². The summed E-state index contributed by atoms with van der Waals surface area (Å²) < 4.78 is 7.70. The van der Waals surface area contributed by atoms with Gasteiger partial charge in [0.25, 0.3) is 0 Å². The van der Waals surface area contributed by atoms with Crippen LogP contribution < -0.4 is 0 Å². The van der Waals surface area contributed by atoms with Crippen molar-refractivity contribution in [2.24, 2.45) is 0 Å². The first-order chi connectivity index (χ1) is 9.16. The van der Waals surface area contributed by atoms with Crippen LogP contribution in [-0.4, -0.2) is 21.4 Å². The number of hydrogen-bond donors (Lipinski definition) is 0. The van der Waals surface area contributed by atoms with Crippen LogP contribution in [0.5, 0.6) is 0 Å². The summed E-state index contributed by atoms with van der Waals surface area (Å²) in [5.41, 5.74) is 0.705. The third kappa shape index (κ3) is 1.57. The SMILES string of the molecule is Clc1ccc(C2(C3(n4cnc(Cl)n4)CC3)CO2)cc1. The van der Waals surface area contributed by atoms with E-state index in [1.165, 1.54) is 0 Å². The quantitative estimate of drug-likeness (QED) is 0.818. The number of hydrogen-bond acceptors (Lipinski definition) is 3. The Labute approximate surface area is 120 Å². The second kappa shape index (κ2) is 3.72. The zero-order chi connectivity index (χ0) is 13.1. The molecular formula is C13H11Cl2N3O. The molecule has 4 rings (SSSR count). The molecule has 4 nitrogen and oxygen atoms in total. The molecule has 98 valence electrons. The lowest BCUT2D eigenvalue weighted by molar-refractivity contribution is 0.187. The van der Waals surface area contributed by atoms with Crippen molar-refractivity contribution in [1.29, 1.82) is 0 Å². The van der Waals surface area contributed by atoms with E-state index in [0.29, 0.717) is 6.61 Å². The van der Waals surface area contributed by atoms with Crippen LogP contribution in [0.15, 0.2) is 30.6 Å². The van der Waals surface area contributed by atoms with Gasteiger partial charge in [-0.1, -0.05) is 23.7 Å². The highest BCUT2D eigenvalue weighted by atomic mass is 35.5. The molecule has 2 aliphatic rings. The van der Waals surface area contributed by atoms with Gasteiger partial charge in [0.1, 0.15) is 17.5 Å². The van der Waals surface area contributed by atoms with Crippen LogP contribution in [0.2, 0.25) is 10.3 Å². The first-order valence-corrected chi connectivity index (χ1v) is 6.90. The molecule has 2 aromatic rings. The van der Waals surface area contributed by atoms with Crippen molar-refractivity contribution in [3.8, 4) is 0 Å². The number of nitrogens with zero attached hydrogens (tertiary/aromatic N) is 3. The molecule has 6 heteroatoms. The molecule has 2 fully saturated rings. The summed E-state index contributed by atoms with van der Waals surface area (Å²) in [7, 11) is 0. The third-order valence-electron chi connectivity index (χ3n) is 4.12. The van der Waals surface area contributed by atoms with E-state index >= 15 is 0 Å². The molecule has 0 radical (unpaired) electrons. The van der Waals surface area contributed by atoms with E-state index in [0.717, 1.165) is 23.4 Å². The summed E-state index contributed by atoms with van der Waals surface area (Å²) in [6, 6.07) is 7.83. The van der Waals surface area contributed by atoms with E-state index in [4.69, 9.17) is 27.9 Å².